The van der Waals surface area contributed by atoms with Crippen LogP contribution in [0.4, 0.5) is 0 Å². The fourth-order valence-electron chi connectivity index (χ4n) is 1.75. The van der Waals surface area contributed by atoms with Gasteiger partial charge < -0.3 is 4.57 Å². The van der Waals surface area contributed by atoms with Crippen molar-refractivity contribution in [3.8, 4) is 17.5 Å². The van der Waals surface area contributed by atoms with Crippen LogP contribution in [-0.2, 0) is 7.05 Å². The second-order valence-corrected chi connectivity index (χ2v) is 4.01. The monoisotopic (exact) mass is 239 g/mol. The van der Waals surface area contributed by atoms with Crippen molar-refractivity contribution < 1.29 is 4.79 Å². The molecule has 0 spiro atoms. The summed E-state index contributed by atoms with van der Waals surface area (Å²) in [7, 11) is 1.86. The Morgan fingerprint density at radius 1 is 1.39 bits per heavy atom. The van der Waals surface area contributed by atoms with E-state index in [0.717, 1.165) is 11.4 Å². The quantitative estimate of drug-likeness (QED) is 0.770. The third-order valence-corrected chi connectivity index (χ3v) is 2.66. The van der Waals surface area contributed by atoms with Crippen molar-refractivity contribution in [1.29, 1.82) is 5.26 Å². The fourth-order valence-corrected chi connectivity index (χ4v) is 1.75. The summed E-state index contributed by atoms with van der Waals surface area (Å²) >= 11 is 0. The van der Waals surface area contributed by atoms with Crippen molar-refractivity contribution >= 4 is 5.78 Å². The molecular weight excluding hydrogens is 226 g/mol. The molecule has 2 aromatic rings. The third-order valence-electron chi connectivity index (χ3n) is 2.66. The van der Waals surface area contributed by atoms with Crippen molar-refractivity contribution in [2.45, 2.75) is 12.8 Å². The lowest BCUT2D eigenvalue weighted by atomic mass is 10.2. The number of Topliss-reactive ketones (excluding diaryl/α,β-unsaturated/α-hetero) is 1. The van der Waals surface area contributed by atoms with Gasteiger partial charge in [-0.3, -0.25) is 4.79 Å². The third kappa shape index (κ3) is 2.46. The summed E-state index contributed by atoms with van der Waals surface area (Å²) in [4.78, 5) is 16.1. The molecule has 0 unspecified atom stereocenters. The molecule has 0 amide bonds. The van der Waals surface area contributed by atoms with E-state index < -0.39 is 0 Å². The van der Waals surface area contributed by atoms with E-state index in [9.17, 15) is 4.79 Å². The molecule has 18 heavy (non-hydrogen) atoms. The SMILES string of the molecule is Cn1cc(C(=O)CCC#N)nc1-c1ccccc1. The lowest BCUT2D eigenvalue weighted by Gasteiger charge is -1.99. The van der Waals surface area contributed by atoms with Crippen LogP contribution in [0.1, 0.15) is 23.3 Å². The molecule has 0 aliphatic heterocycles. The highest BCUT2D eigenvalue weighted by Gasteiger charge is 2.13. The van der Waals surface area contributed by atoms with Gasteiger partial charge in [0, 0.05) is 31.6 Å². The summed E-state index contributed by atoms with van der Waals surface area (Å²) in [6.07, 6.45) is 2.17. The number of ketones is 1. The Morgan fingerprint density at radius 3 is 2.78 bits per heavy atom. The van der Waals surface area contributed by atoms with Gasteiger partial charge in [-0.05, 0) is 0 Å². The van der Waals surface area contributed by atoms with Crippen molar-refractivity contribution in [2.75, 3.05) is 0 Å². The van der Waals surface area contributed by atoms with Crippen LogP contribution in [0.5, 0.6) is 0 Å². The number of benzene rings is 1. The summed E-state index contributed by atoms with van der Waals surface area (Å²) in [5, 5.41) is 8.47. The fraction of sp³-hybridized carbons (Fsp3) is 0.214. The zero-order valence-electron chi connectivity index (χ0n) is 10.1. The van der Waals surface area contributed by atoms with E-state index in [1.54, 1.807) is 6.20 Å². The van der Waals surface area contributed by atoms with E-state index in [2.05, 4.69) is 4.98 Å². The van der Waals surface area contributed by atoms with Crippen LogP contribution in [0, 0.1) is 11.3 Å². The van der Waals surface area contributed by atoms with Gasteiger partial charge in [-0.2, -0.15) is 5.26 Å². The summed E-state index contributed by atoms with van der Waals surface area (Å²) < 4.78 is 1.83. The maximum atomic E-state index is 11.8. The Bertz CT molecular complexity index is 593. The molecule has 0 radical (unpaired) electrons. The van der Waals surface area contributed by atoms with Gasteiger partial charge in [0.05, 0.1) is 6.07 Å². The number of aryl methyl sites for hydroxylation is 1. The Balaban J connectivity index is 2.28. The van der Waals surface area contributed by atoms with Crippen LogP contribution >= 0.6 is 0 Å². The van der Waals surface area contributed by atoms with Crippen LogP contribution in [0.2, 0.25) is 0 Å². The van der Waals surface area contributed by atoms with Crippen LogP contribution in [-0.4, -0.2) is 15.3 Å². The van der Waals surface area contributed by atoms with E-state index in [1.165, 1.54) is 0 Å². The average molecular weight is 239 g/mol. The van der Waals surface area contributed by atoms with Crippen LogP contribution in [0.15, 0.2) is 36.5 Å². The van der Waals surface area contributed by atoms with Gasteiger partial charge in [0.1, 0.15) is 11.5 Å². The molecule has 1 heterocycles. The smallest absolute Gasteiger partial charge is 0.183 e. The number of rotatable bonds is 4. The van der Waals surface area contributed by atoms with Crippen molar-refractivity contribution in [3.63, 3.8) is 0 Å². The summed E-state index contributed by atoms with van der Waals surface area (Å²) in [5.41, 5.74) is 1.39. The second kappa shape index (κ2) is 5.28. The Morgan fingerprint density at radius 2 is 2.11 bits per heavy atom. The molecule has 0 aliphatic rings. The molecule has 0 saturated carbocycles. The molecule has 4 heteroatoms. The number of imidazole rings is 1. The van der Waals surface area contributed by atoms with Gasteiger partial charge in [0.25, 0.3) is 0 Å². The summed E-state index contributed by atoms with van der Waals surface area (Å²) in [6.45, 7) is 0. The maximum absolute atomic E-state index is 11.8. The number of nitriles is 1. The molecule has 90 valence electrons. The first-order valence-corrected chi connectivity index (χ1v) is 5.71. The highest BCUT2D eigenvalue weighted by Crippen LogP contribution is 2.18. The normalized spacial score (nSPS) is 10.0. The highest BCUT2D eigenvalue weighted by molar-refractivity contribution is 5.94. The summed E-state index contributed by atoms with van der Waals surface area (Å²) in [6, 6.07) is 11.7. The molecule has 0 aliphatic carbocycles. The van der Waals surface area contributed by atoms with Crippen LogP contribution in [0.25, 0.3) is 11.4 Å². The molecule has 2 rings (SSSR count). The van der Waals surface area contributed by atoms with Gasteiger partial charge in [-0.15, -0.1) is 0 Å². The highest BCUT2D eigenvalue weighted by atomic mass is 16.1. The molecule has 0 atom stereocenters. The van der Waals surface area contributed by atoms with Crippen molar-refractivity contribution in [2.24, 2.45) is 7.05 Å². The number of nitrogens with zero attached hydrogens (tertiary/aromatic N) is 3. The molecule has 4 nitrogen and oxygen atoms in total. The number of carbonyl (C=O) groups excluding carboxylic acids is 1. The predicted molar refractivity (Wildman–Crippen MR) is 67.8 cm³/mol. The number of carbonyl (C=O) groups is 1. The molecule has 0 fully saturated rings. The Labute approximate surface area is 106 Å². The predicted octanol–water partition coefficient (Wildman–Crippen LogP) is 2.57. The van der Waals surface area contributed by atoms with Crippen LogP contribution in [0.3, 0.4) is 0 Å². The number of hydrogen-bond donors (Lipinski definition) is 0. The molecule has 1 aromatic carbocycles. The molecule has 1 aromatic heterocycles. The van der Waals surface area contributed by atoms with Gasteiger partial charge in [-0.1, -0.05) is 30.3 Å². The van der Waals surface area contributed by atoms with Crippen molar-refractivity contribution in [3.05, 3.63) is 42.2 Å². The standard InChI is InChI=1S/C14H13N3O/c1-17-10-12(13(18)8-5-9-15)16-14(17)11-6-3-2-4-7-11/h2-4,6-7,10H,5,8H2,1H3. The molecule has 0 bridgehead atoms. The number of aromatic nitrogens is 2. The van der Waals surface area contributed by atoms with Gasteiger partial charge >= 0.3 is 0 Å². The van der Waals surface area contributed by atoms with Gasteiger partial charge in [-0.25, -0.2) is 4.98 Å². The first-order valence-electron chi connectivity index (χ1n) is 5.71. The van der Waals surface area contributed by atoms with E-state index in [0.29, 0.717) is 5.69 Å². The second-order valence-electron chi connectivity index (χ2n) is 4.01. The minimum absolute atomic E-state index is 0.0886. The van der Waals surface area contributed by atoms with E-state index in [-0.39, 0.29) is 18.6 Å². The number of hydrogen-bond acceptors (Lipinski definition) is 3. The van der Waals surface area contributed by atoms with E-state index in [1.807, 2.05) is 48.0 Å². The molecule has 0 N–H and O–H groups in total. The Hall–Kier alpha value is -2.41. The maximum Gasteiger partial charge on any atom is 0.183 e. The average Bonchev–Trinajstić information content (AvgIpc) is 2.79. The molecular formula is C14H13N3O. The lowest BCUT2D eigenvalue weighted by molar-refractivity contribution is 0.0980. The van der Waals surface area contributed by atoms with E-state index >= 15 is 0 Å². The first-order chi connectivity index (χ1) is 8.72. The van der Waals surface area contributed by atoms with Crippen LogP contribution < -0.4 is 0 Å². The van der Waals surface area contributed by atoms with Gasteiger partial charge in [0.15, 0.2) is 5.78 Å². The largest absolute Gasteiger partial charge is 0.333 e. The minimum Gasteiger partial charge on any atom is -0.333 e. The zero-order valence-corrected chi connectivity index (χ0v) is 10.1. The van der Waals surface area contributed by atoms with Gasteiger partial charge in [0.2, 0.25) is 0 Å². The zero-order chi connectivity index (χ0) is 13.0. The topological polar surface area (TPSA) is 58.7 Å². The van der Waals surface area contributed by atoms with E-state index in [4.69, 9.17) is 5.26 Å². The Kier molecular flexibility index (Phi) is 3.54. The summed E-state index contributed by atoms with van der Waals surface area (Å²) in [5.74, 6) is 0.672. The lowest BCUT2D eigenvalue weighted by Crippen LogP contribution is -1.98. The first kappa shape index (κ1) is 12.1. The van der Waals surface area contributed by atoms with Crippen molar-refractivity contribution in [1.82, 2.24) is 9.55 Å². The molecule has 0 saturated heterocycles. The minimum atomic E-state index is -0.0886.